The molecule has 1 aliphatic rings. The number of benzene rings is 2. The Morgan fingerprint density at radius 2 is 1.95 bits per heavy atom. The first kappa shape index (κ1) is 11.8. The Balaban J connectivity index is 2.08. The second-order valence-corrected chi connectivity index (χ2v) is 4.74. The summed E-state index contributed by atoms with van der Waals surface area (Å²) in [6.45, 7) is 2.20. The third-order valence-electron chi connectivity index (χ3n) is 3.50. The first-order valence-electron chi connectivity index (χ1n) is 6.26. The number of rotatable bonds is 1. The lowest BCUT2D eigenvalue weighted by molar-refractivity contribution is -0.120. The van der Waals surface area contributed by atoms with Gasteiger partial charge < -0.3 is 9.64 Å². The molecule has 1 aliphatic heterocycles. The van der Waals surface area contributed by atoms with Crippen molar-refractivity contribution < 1.29 is 9.53 Å². The van der Waals surface area contributed by atoms with Gasteiger partial charge in [0.2, 0.25) is 0 Å². The van der Waals surface area contributed by atoms with Crippen LogP contribution in [0.15, 0.2) is 42.5 Å². The van der Waals surface area contributed by atoms with Crippen LogP contribution in [-0.2, 0) is 4.79 Å². The van der Waals surface area contributed by atoms with Gasteiger partial charge in [0.05, 0.1) is 5.69 Å². The summed E-state index contributed by atoms with van der Waals surface area (Å²) in [6.07, 6.45) is 0. The smallest absolute Gasteiger partial charge is 0.264 e. The molecule has 0 N–H and O–H groups in total. The summed E-state index contributed by atoms with van der Waals surface area (Å²) in [7, 11) is 1.77. The Hall–Kier alpha value is -2.29. The number of ether oxygens (including phenoxy) is 1. The van der Waals surface area contributed by atoms with Crippen molar-refractivity contribution in [3.8, 4) is 16.9 Å². The zero-order chi connectivity index (χ0) is 13.4. The molecule has 0 saturated carbocycles. The summed E-state index contributed by atoms with van der Waals surface area (Å²) in [5, 5.41) is 0. The number of likely N-dealkylation sites (N-methyl/N-ethyl adjacent to an activating group) is 1. The second kappa shape index (κ2) is 4.43. The van der Waals surface area contributed by atoms with E-state index in [0.717, 1.165) is 17.0 Å². The largest absolute Gasteiger partial charge is 0.482 e. The minimum absolute atomic E-state index is 0.0175. The van der Waals surface area contributed by atoms with E-state index in [4.69, 9.17) is 4.74 Å². The van der Waals surface area contributed by atoms with Crippen molar-refractivity contribution >= 4 is 11.6 Å². The van der Waals surface area contributed by atoms with Crippen molar-refractivity contribution in [1.29, 1.82) is 0 Å². The zero-order valence-electron chi connectivity index (χ0n) is 11.0. The number of carbonyl (C=O) groups excluding carboxylic acids is 1. The molecular weight excluding hydrogens is 238 g/mol. The Bertz CT molecular complexity index is 649. The minimum atomic E-state index is -0.0175. The molecule has 1 amide bonds. The van der Waals surface area contributed by atoms with E-state index in [1.165, 1.54) is 11.1 Å². The molecule has 0 radical (unpaired) electrons. The summed E-state index contributed by atoms with van der Waals surface area (Å²) in [5.41, 5.74) is 4.35. The van der Waals surface area contributed by atoms with Crippen molar-refractivity contribution in [3.05, 3.63) is 48.0 Å². The number of hydrogen-bond acceptors (Lipinski definition) is 2. The van der Waals surface area contributed by atoms with Gasteiger partial charge in [-0.1, -0.05) is 30.3 Å². The van der Waals surface area contributed by atoms with Crippen LogP contribution in [0.3, 0.4) is 0 Å². The molecule has 96 valence electrons. The molecule has 1 heterocycles. The summed E-state index contributed by atoms with van der Waals surface area (Å²) in [4.78, 5) is 13.2. The van der Waals surface area contributed by atoms with Crippen molar-refractivity contribution in [2.75, 3.05) is 18.6 Å². The van der Waals surface area contributed by atoms with Crippen LogP contribution in [0.1, 0.15) is 5.56 Å². The van der Waals surface area contributed by atoms with E-state index in [9.17, 15) is 4.79 Å². The quantitative estimate of drug-likeness (QED) is 0.782. The van der Waals surface area contributed by atoms with Gasteiger partial charge in [0.25, 0.3) is 5.91 Å². The molecule has 0 atom stereocenters. The minimum Gasteiger partial charge on any atom is -0.482 e. The first-order valence-corrected chi connectivity index (χ1v) is 6.26. The lowest BCUT2D eigenvalue weighted by Gasteiger charge is -2.26. The summed E-state index contributed by atoms with van der Waals surface area (Å²) < 4.78 is 5.52. The maximum absolute atomic E-state index is 11.6. The number of amides is 1. The molecule has 0 fully saturated rings. The average Bonchev–Trinajstić information content (AvgIpc) is 2.43. The number of nitrogens with zero attached hydrogens (tertiary/aromatic N) is 1. The topological polar surface area (TPSA) is 29.5 Å². The monoisotopic (exact) mass is 253 g/mol. The van der Waals surface area contributed by atoms with E-state index in [-0.39, 0.29) is 12.5 Å². The SMILES string of the molecule is Cc1ccccc1-c1ccc2c(c1)OCC(=O)N2C. The van der Waals surface area contributed by atoms with E-state index >= 15 is 0 Å². The van der Waals surface area contributed by atoms with Gasteiger partial charge >= 0.3 is 0 Å². The Morgan fingerprint density at radius 1 is 1.16 bits per heavy atom. The van der Waals surface area contributed by atoms with Crippen LogP contribution < -0.4 is 9.64 Å². The van der Waals surface area contributed by atoms with Crippen molar-refractivity contribution in [2.24, 2.45) is 0 Å². The molecule has 2 aromatic carbocycles. The highest BCUT2D eigenvalue weighted by atomic mass is 16.5. The van der Waals surface area contributed by atoms with Gasteiger partial charge in [-0.2, -0.15) is 0 Å². The first-order chi connectivity index (χ1) is 9.16. The fraction of sp³-hybridized carbons (Fsp3) is 0.188. The van der Waals surface area contributed by atoms with Crippen LogP contribution >= 0.6 is 0 Å². The summed E-state index contributed by atoms with van der Waals surface area (Å²) in [5.74, 6) is 0.749. The Labute approximate surface area is 112 Å². The molecule has 2 aromatic rings. The van der Waals surface area contributed by atoms with E-state index in [1.807, 2.05) is 30.3 Å². The number of anilines is 1. The lowest BCUT2D eigenvalue weighted by atomic mass is 10.00. The molecule has 0 spiro atoms. The number of hydrogen-bond donors (Lipinski definition) is 0. The van der Waals surface area contributed by atoms with Crippen molar-refractivity contribution in [2.45, 2.75) is 6.92 Å². The third-order valence-corrected chi connectivity index (χ3v) is 3.50. The molecule has 0 aliphatic carbocycles. The normalized spacial score (nSPS) is 14.0. The van der Waals surface area contributed by atoms with Crippen LogP contribution in [-0.4, -0.2) is 19.6 Å². The van der Waals surface area contributed by atoms with Crippen LogP contribution in [0.5, 0.6) is 5.75 Å². The molecule has 0 aromatic heterocycles. The molecule has 19 heavy (non-hydrogen) atoms. The number of carbonyl (C=O) groups is 1. The zero-order valence-corrected chi connectivity index (χ0v) is 11.0. The van der Waals surface area contributed by atoms with Gasteiger partial charge in [0.15, 0.2) is 6.61 Å². The van der Waals surface area contributed by atoms with E-state index < -0.39 is 0 Å². The van der Waals surface area contributed by atoms with Crippen LogP contribution in [0, 0.1) is 6.92 Å². The van der Waals surface area contributed by atoms with Crippen LogP contribution in [0.2, 0.25) is 0 Å². The highest BCUT2D eigenvalue weighted by Gasteiger charge is 2.22. The van der Waals surface area contributed by atoms with Gasteiger partial charge in [-0.25, -0.2) is 0 Å². The van der Waals surface area contributed by atoms with Gasteiger partial charge in [-0.15, -0.1) is 0 Å². The Morgan fingerprint density at radius 3 is 2.74 bits per heavy atom. The van der Waals surface area contributed by atoms with E-state index in [1.54, 1.807) is 11.9 Å². The van der Waals surface area contributed by atoms with Gasteiger partial charge in [-0.3, -0.25) is 4.79 Å². The predicted molar refractivity (Wildman–Crippen MR) is 75.5 cm³/mol. The van der Waals surface area contributed by atoms with Crippen molar-refractivity contribution in [3.63, 3.8) is 0 Å². The number of aryl methyl sites for hydroxylation is 1. The molecular formula is C16H15NO2. The van der Waals surface area contributed by atoms with E-state index in [2.05, 4.69) is 19.1 Å². The summed E-state index contributed by atoms with van der Waals surface area (Å²) >= 11 is 0. The molecule has 3 rings (SSSR count). The van der Waals surface area contributed by atoms with Gasteiger partial charge in [0, 0.05) is 7.05 Å². The van der Waals surface area contributed by atoms with E-state index in [0.29, 0.717) is 0 Å². The third kappa shape index (κ3) is 1.97. The van der Waals surface area contributed by atoms with Crippen LogP contribution in [0.4, 0.5) is 5.69 Å². The second-order valence-electron chi connectivity index (χ2n) is 4.74. The highest BCUT2D eigenvalue weighted by molar-refractivity contribution is 5.97. The van der Waals surface area contributed by atoms with Crippen LogP contribution in [0.25, 0.3) is 11.1 Å². The molecule has 0 bridgehead atoms. The maximum atomic E-state index is 11.6. The average molecular weight is 253 g/mol. The van der Waals surface area contributed by atoms with Gasteiger partial charge in [-0.05, 0) is 35.7 Å². The molecule has 0 saturated heterocycles. The predicted octanol–water partition coefficient (Wildman–Crippen LogP) is 3.02. The Kier molecular flexibility index (Phi) is 2.75. The highest BCUT2D eigenvalue weighted by Crippen LogP contribution is 2.35. The van der Waals surface area contributed by atoms with Gasteiger partial charge in [0.1, 0.15) is 5.75 Å². The molecule has 3 nitrogen and oxygen atoms in total. The fourth-order valence-corrected chi connectivity index (χ4v) is 2.34. The standard InChI is InChI=1S/C16H15NO2/c1-11-5-3-4-6-13(11)12-7-8-14-15(9-12)19-10-16(18)17(14)2/h3-9H,10H2,1-2H3. The molecule has 0 unspecified atom stereocenters. The lowest BCUT2D eigenvalue weighted by Crippen LogP contribution is -2.35. The maximum Gasteiger partial charge on any atom is 0.264 e. The molecule has 3 heteroatoms. The fourth-order valence-electron chi connectivity index (χ4n) is 2.34. The van der Waals surface area contributed by atoms with Crippen molar-refractivity contribution in [1.82, 2.24) is 0 Å². The number of fused-ring (bicyclic) bond motifs is 1. The summed E-state index contributed by atoms with van der Waals surface area (Å²) in [6, 6.07) is 14.2.